The molecule has 174 valence electrons. The molecule has 2 rings (SSSR count). The number of ether oxygens (including phenoxy) is 3. The van der Waals surface area contributed by atoms with Crippen molar-refractivity contribution in [2.24, 2.45) is 0 Å². The van der Waals surface area contributed by atoms with Gasteiger partial charge in [-0.05, 0) is 12.8 Å². The Balaban J connectivity index is 2.06. The summed E-state index contributed by atoms with van der Waals surface area (Å²) in [6.45, 7) is 3.89. The van der Waals surface area contributed by atoms with E-state index in [1.165, 1.54) is 0 Å². The minimum Gasteiger partial charge on any atom is -0.463 e. The average Bonchev–Trinajstić information content (AvgIpc) is 3.11. The quantitative estimate of drug-likeness (QED) is 0.391. The molecular formula is C21H31FN2O7. The van der Waals surface area contributed by atoms with Gasteiger partial charge in [0.25, 0.3) is 5.56 Å². The van der Waals surface area contributed by atoms with Crippen molar-refractivity contribution in [3.8, 4) is 0 Å². The van der Waals surface area contributed by atoms with Crippen LogP contribution in [0.25, 0.3) is 0 Å². The lowest BCUT2D eigenvalue weighted by Crippen LogP contribution is -2.34. The monoisotopic (exact) mass is 442 g/mol. The highest BCUT2D eigenvalue weighted by Crippen LogP contribution is 2.30. The van der Waals surface area contributed by atoms with E-state index < -0.39 is 41.5 Å². The van der Waals surface area contributed by atoms with Gasteiger partial charge < -0.3 is 14.2 Å². The lowest BCUT2D eigenvalue weighted by Gasteiger charge is -2.19. The number of aromatic nitrogens is 2. The van der Waals surface area contributed by atoms with Crippen LogP contribution < -0.4 is 11.2 Å². The van der Waals surface area contributed by atoms with E-state index in [9.17, 15) is 23.6 Å². The SMILES string of the molecule is CCCCCC(=O)OC[C@@H]1O[C@H](n2cc(F)c(=O)[nH]c2=O)CC1OC(=O)CCCCC. The molecule has 0 saturated carbocycles. The molecule has 1 aliphatic heterocycles. The standard InChI is InChI=1S/C21H31FN2O7/c1-3-5-7-9-18(25)29-13-16-15(31-19(26)10-8-6-4-2)11-17(30-16)24-12-14(22)20(27)23-21(24)28/h12,15-17H,3-11,13H2,1-2H3,(H,23,27,28)/t15?,16-,17-/m0/s1. The van der Waals surface area contributed by atoms with Crippen LogP contribution in [0, 0.1) is 5.82 Å². The summed E-state index contributed by atoms with van der Waals surface area (Å²) < 4.78 is 31.1. The fourth-order valence-electron chi connectivity index (χ4n) is 3.33. The highest BCUT2D eigenvalue weighted by Gasteiger charge is 2.40. The van der Waals surface area contributed by atoms with Crippen LogP contribution in [0.1, 0.15) is 77.9 Å². The smallest absolute Gasteiger partial charge is 0.330 e. The molecule has 10 heteroatoms. The zero-order valence-electron chi connectivity index (χ0n) is 18.1. The summed E-state index contributed by atoms with van der Waals surface area (Å²) in [5.41, 5.74) is -1.97. The Hall–Kier alpha value is -2.49. The maximum Gasteiger partial charge on any atom is 0.330 e. The number of nitrogens with one attached hydrogen (secondary N) is 1. The van der Waals surface area contributed by atoms with E-state index in [4.69, 9.17) is 14.2 Å². The van der Waals surface area contributed by atoms with Gasteiger partial charge in [-0.25, -0.2) is 4.79 Å². The molecule has 0 radical (unpaired) electrons. The first-order valence-corrected chi connectivity index (χ1v) is 10.9. The van der Waals surface area contributed by atoms with Gasteiger partial charge in [0.1, 0.15) is 25.0 Å². The van der Waals surface area contributed by atoms with Crippen molar-refractivity contribution >= 4 is 11.9 Å². The predicted molar refractivity (Wildman–Crippen MR) is 109 cm³/mol. The van der Waals surface area contributed by atoms with Gasteiger partial charge in [-0.1, -0.05) is 39.5 Å². The van der Waals surface area contributed by atoms with Crippen molar-refractivity contribution < 1.29 is 28.2 Å². The van der Waals surface area contributed by atoms with Crippen LogP contribution in [0.5, 0.6) is 0 Å². The van der Waals surface area contributed by atoms with Crippen LogP contribution in [-0.2, 0) is 23.8 Å². The van der Waals surface area contributed by atoms with Crippen molar-refractivity contribution in [1.29, 1.82) is 0 Å². The summed E-state index contributed by atoms with van der Waals surface area (Å²) >= 11 is 0. The Morgan fingerprint density at radius 2 is 1.77 bits per heavy atom. The Kier molecular flexibility index (Phi) is 9.90. The number of esters is 2. The van der Waals surface area contributed by atoms with Crippen LogP contribution in [0.2, 0.25) is 0 Å². The van der Waals surface area contributed by atoms with E-state index in [0.717, 1.165) is 36.4 Å². The highest BCUT2D eigenvalue weighted by atomic mass is 19.1. The number of hydrogen-bond acceptors (Lipinski definition) is 7. The first-order chi connectivity index (χ1) is 14.8. The number of rotatable bonds is 12. The molecule has 0 aliphatic carbocycles. The van der Waals surface area contributed by atoms with Gasteiger partial charge in [-0.3, -0.25) is 23.9 Å². The molecular weight excluding hydrogens is 411 g/mol. The summed E-state index contributed by atoms with van der Waals surface area (Å²) in [7, 11) is 0. The van der Waals surface area contributed by atoms with E-state index in [0.29, 0.717) is 12.8 Å². The minimum atomic E-state index is -1.14. The summed E-state index contributed by atoms with van der Waals surface area (Å²) in [6.07, 6.45) is 3.91. The normalized spacial score (nSPS) is 20.5. The molecule has 3 atom stereocenters. The Labute approximate surface area is 179 Å². The molecule has 0 bridgehead atoms. The van der Waals surface area contributed by atoms with E-state index in [-0.39, 0.29) is 31.8 Å². The topological polar surface area (TPSA) is 117 Å². The lowest BCUT2D eigenvalue weighted by atomic mass is 10.1. The van der Waals surface area contributed by atoms with Crippen molar-refractivity contribution in [3.63, 3.8) is 0 Å². The first kappa shape index (κ1) is 24.8. The highest BCUT2D eigenvalue weighted by molar-refractivity contribution is 5.70. The molecule has 1 N–H and O–H groups in total. The van der Waals surface area contributed by atoms with Crippen molar-refractivity contribution in [1.82, 2.24) is 9.55 Å². The molecule has 9 nitrogen and oxygen atoms in total. The minimum absolute atomic E-state index is 0.0585. The molecule has 1 aromatic heterocycles. The van der Waals surface area contributed by atoms with Crippen LogP contribution in [0.15, 0.2) is 15.8 Å². The lowest BCUT2D eigenvalue weighted by molar-refractivity contribution is -0.158. The third-order valence-corrected chi connectivity index (χ3v) is 5.08. The number of carbonyl (C=O) groups excluding carboxylic acids is 2. The van der Waals surface area contributed by atoms with E-state index >= 15 is 0 Å². The number of aromatic amines is 1. The Morgan fingerprint density at radius 1 is 1.13 bits per heavy atom. The van der Waals surface area contributed by atoms with Gasteiger partial charge in [-0.2, -0.15) is 4.39 Å². The maximum atomic E-state index is 13.7. The van der Waals surface area contributed by atoms with Gasteiger partial charge in [-0.15, -0.1) is 0 Å². The van der Waals surface area contributed by atoms with E-state index in [1.54, 1.807) is 0 Å². The zero-order chi connectivity index (χ0) is 22.8. The van der Waals surface area contributed by atoms with E-state index in [1.807, 2.05) is 18.8 Å². The number of nitrogens with zero attached hydrogens (tertiary/aromatic N) is 1. The third-order valence-electron chi connectivity index (χ3n) is 5.08. The molecule has 0 spiro atoms. The second-order valence-corrected chi connectivity index (χ2v) is 7.63. The number of carbonyl (C=O) groups is 2. The summed E-state index contributed by atoms with van der Waals surface area (Å²) in [5, 5.41) is 0. The molecule has 1 fully saturated rings. The fraction of sp³-hybridized carbons (Fsp3) is 0.714. The maximum absolute atomic E-state index is 13.7. The summed E-state index contributed by atoms with van der Waals surface area (Å²) in [5.74, 6) is -1.94. The fourth-order valence-corrected chi connectivity index (χ4v) is 3.33. The van der Waals surface area contributed by atoms with Crippen molar-refractivity contribution in [2.45, 2.75) is 90.1 Å². The van der Waals surface area contributed by atoms with Crippen LogP contribution >= 0.6 is 0 Å². The second-order valence-electron chi connectivity index (χ2n) is 7.63. The number of unbranched alkanes of at least 4 members (excludes halogenated alkanes) is 4. The second kappa shape index (κ2) is 12.4. The zero-order valence-corrected chi connectivity index (χ0v) is 18.1. The molecule has 2 heterocycles. The molecule has 0 aromatic carbocycles. The number of halogens is 1. The van der Waals surface area contributed by atoms with Crippen LogP contribution in [0.4, 0.5) is 4.39 Å². The molecule has 0 amide bonds. The molecule has 1 aliphatic rings. The molecule has 1 saturated heterocycles. The summed E-state index contributed by atoms with van der Waals surface area (Å²) in [4.78, 5) is 49.3. The van der Waals surface area contributed by atoms with Crippen LogP contribution in [-0.4, -0.2) is 40.3 Å². The number of H-pyrrole nitrogens is 1. The number of hydrogen-bond donors (Lipinski definition) is 1. The van der Waals surface area contributed by atoms with Gasteiger partial charge in [0.2, 0.25) is 5.82 Å². The van der Waals surface area contributed by atoms with E-state index in [2.05, 4.69) is 0 Å². The largest absolute Gasteiger partial charge is 0.463 e. The summed E-state index contributed by atoms with van der Waals surface area (Å²) in [6, 6.07) is 0. The van der Waals surface area contributed by atoms with Gasteiger partial charge in [0.15, 0.2) is 0 Å². The Morgan fingerprint density at radius 3 is 2.42 bits per heavy atom. The third kappa shape index (κ3) is 7.61. The van der Waals surface area contributed by atoms with Crippen molar-refractivity contribution in [2.75, 3.05) is 6.61 Å². The average molecular weight is 442 g/mol. The van der Waals surface area contributed by atoms with Gasteiger partial charge >= 0.3 is 17.6 Å². The van der Waals surface area contributed by atoms with Gasteiger partial charge in [0, 0.05) is 19.3 Å². The molecule has 1 unspecified atom stereocenters. The van der Waals surface area contributed by atoms with Crippen molar-refractivity contribution in [3.05, 3.63) is 32.9 Å². The Bertz CT molecular complexity index is 851. The predicted octanol–water partition coefficient (Wildman–Crippen LogP) is 2.58. The van der Waals surface area contributed by atoms with Gasteiger partial charge in [0.05, 0.1) is 6.20 Å². The molecule has 31 heavy (non-hydrogen) atoms. The molecule has 1 aromatic rings. The first-order valence-electron chi connectivity index (χ1n) is 10.9. The van der Waals surface area contributed by atoms with Crippen LogP contribution in [0.3, 0.4) is 0 Å².